The highest BCUT2D eigenvalue weighted by molar-refractivity contribution is 5.94. The molecule has 0 aliphatic heterocycles. The normalized spacial score (nSPS) is 12.8. The van der Waals surface area contributed by atoms with Crippen LogP contribution in [0.4, 0.5) is 0 Å². The second-order valence-electron chi connectivity index (χ2n) is 9.62. The van der Waals surface area contributed by atoms with Crippen molar-refractivity contribution in [2.45, 2.75) is 65.0 Å². The maximum absolute atomic E-state index is 13.8. The molecule has 4 rings (SSSR count). The van der Waals surface area contributed by atoms with E-state index in [2.05, 4.69) is 10.1 Å². The van der Waals surface area contributed by atoms with Crippen molar-refractivity contribution in [3.8, 4) is 0 Å². The highest BCUT2D eigenvalue weighted by Gasteiger charge is 2.34. The predicted octanol–water partition coefficient (Wildman–Crippen LogP) is 3.82. The Bertz CT molecular complexity index is 1480. The monoisotopic (exact) mass is 530 g/mol. The van der Waals surface area contributed by atoms with E-state index < -0.39 is 5.91 Å². The van der Waals surface area contributed by atoms with E-state index in [0.717, 1.165) is 12.0 Å². The van der Waals surface area contributed by atoms with Crippen molar-refractivity contribution in [3.05, 3.63) is 87.9 Å². The van der Waals surface area contributed by atoms with Crippen molar-refractivity contribution in [2.75, 3.05) is 6.54 Å². The van der Waals surface area contributed by atoms with Crippen LogP contribution in [0.25, 0.3) is 11.1 Å². The number of nitrogens with two attached hydrogens (primary N) is 1. The van der Waals surface area contributed by atoms with Gasteiger partial charge in [0.15, 0.2) is 0 Å². The topological polar surface area (TPSA) is 137 Å². The highest BCUT2D eigenvalue weighted by Crippen LogP contribution is 2.31. The van der Waals surface area contributed by atoms with Gasteiger partial charge < -0.3 is 15.2 Å². The fourth-order valence-corrected chi connectivity index (χ4v) is 5.09. The summed E-state index contributed by atoms with van der Waals surface area (Å²) in [6.45, 7) is 6.19. The second-order valence-corrected chi connectivity index (χ2v) is 9.62. The summed E-state index contributed by atoms with van der Waals surface area (Å²) in [4.78, 5) is 50.1. The maximum Gasteiger partial charge on any atom is 0.267 e. The van der Waals surface area contributed by atoms with E-state index in [-0.39, 0.29) is 42.1 Å². The van der Waals surface area contributed by atoms with Gasteiger partial charge in [-0.3, -0.25) is 23.9 Å². The lowest BCUT2D eigenvalue weighted by molar-refractivity contribution is -0.118. The Morgan fingerprint density at radius 1 is 1.13 bits per heavy atom. The number of primary amides is 1. The minimum atomic E-state index is -0.500. The molecule has 0 radical (unpaired) electrons. The average molecular weight is 531 g/mol. The number of carbonyl (C=O) groups is 2. The number of benzene rings is 1. The number of amides is 2. The van der Waals surface area contributed by atoms with Gasteiger partial charge in [-0.2, -0.15) is 4.98 Å². The predicted molar refractivity (Wildman–Crippen MR) is 147 cm³/mol. The largest absolute Gasteiger partial charge is 0.370 e. The standard InChI is InChI=1S/C29H34N6O4/c1-4-10-23(34(16-14-24(30)36)28(37)21-13-9-15-31-17-21)22(5-2)26-32-27-25(19(3)33-39-27)29(38)35(26)18-20-11-7-6-8-12-20/h6-9,11-13,15,17,22-23H,4-5,10,14,16,18H2,1-3H3,(H2,30,36). The van der Waals surface area contributed by atoms with E-state index in [9.17, 15) is 14.4 Å². The number of pyridine rings is 1. The molecule has 204 valence electrons. The molecule has 3 heterocycles. The van der Waals surface area contributed by atoms with Crippen molar-refractivity contribution in [1.82, 2.24) is 24.6 Å². The first-order valence-electron chi connectivity index (χ1n) is 13.3. The van der Waals surface area contributed by atoms with Crippen LogP contribution in [0.5, 0.6) is 0 Å². The molecule has 0 aliphatic rings. The van der Waals surface area contributed by atoms with E-state index >= 15 is 0 Å². The van der Waals surface area contributed by atoms with Gasteiger partial charge in [0, 0.05) is 37.3 Å². The van der Waals surface area contributed by atoms with Gasteiger partial charge in [0.1, 0.15) is 11.2 Å². The molecule has 0 saturated carbocycles. The maximum atomic E-state index is 13.8. The summed E-state index contributed by atoms with van der Waals surface area (Å²) in [5.41, 5.74) is 7.26. The van der Waals surface area contributed by atoms with Gasteiger partial charge in [-0.1, -0.05) is 55.8 Å². The fourth-order valence-electron chi connectivity index (χ4n) is 5.09. The van der Waals surface area contributed by atoms with E-state index in [4.69, 9.17) is 15.2 Å². The van der Waals surface area contributed by atoms with Crippen molar-refractivity contribution >= 4 is 22.9 Å². The average Bonchev–Trinajstić information content (AvgIpc) is 3.32. The Hall–Kier alpha value is -4.34. The zero-order valence-electron chi connectivity index (χ0n) is 22.5. The molecule has 2 unspecified atom stereocenters. The second kappa shape index (κ2) is 12.5. The third-order valence-electron chi connectivity index (χ3n) is 6.97. The minimum Gasteiger partial charge on any atom is -0.370 e. The van der Waals surface area contributed by atoms with Crippen LogP contribution in [0.3, 0.4) is 0 Å². The lowest BCUT2D eigenvalue weighted by Gasteiger charge is -2.37. The molecule has 0 aliphatic carbocycles. The zero-order chi connectivity index (χ0) is 27.9. The summed E-state index contributed by atoms with van der Waals surface area (Å²) in [5.74, 6) is -0.587. The first kappa shape index (κ1) is 27.7. The Balaban J connectivity index is 1.88. The highest BCUT2D eigenvalue weighted by atomic mass is 16.5. The van der Waals surface area contributed by atoms with Gasteiger partial charge in [0.25, 0.3) is 17.2 Å². The van der Waals surface area contributed by atoms with Crippen LogP contribution >= 0.6 is 0 Å². The molecular weight excluding hydrogens is 496 g/mol. The summed E-state index contributed by atoms with van der Waals surface area (Å²) >= 11 is 0. The molecule has 3 aromatic heterocycles. The zero-order valence-corrected chi connectivity index (χ0v) is 22.5. The van der Waals surface area contributed by atoms with Crippen LogP contribution < -0.4 is 11.3 Å². The van der Waals surface area contributed by atoms with E-state index in [1.807, 2.05) is 44.2 Å². The smallest absolute Gasteiger partial charge is 0.267 e. The molecule has 4 aromatic rings. The molecule has 39 heavy (non-hydrogen) atoms. The first-order valence-corrected chi connectivity index (χ1v) is 13.3. The van der Waals surface area contributed by atoms with Crippen molar-refractivity contribution in [1.29, 1.82) is 0 Å². The van der Waals surface area contributed by atoms with Gasteiger partial charge in [0.2, 0.25) is 5.91 Å². The molecule has 10 nitrogen and oxygen atoms in total. The van der Waals surface area contributed by atoms with Crippen LogP contribution in [0, 0.1) is 6.92 Å². The van der Waals surface area contributed by atoms with Crippen LogP contribution in [-0.4, -0.2) is 49.0 Å². The number of hydrogen-bond donors (Lipinski definition) is 1. The van der Waals surface area contributed by atoms with Gasteiger partial charge >= 0.3 is 0 Å². The van der Waals surface area contributed by atoms with E-state index in [1.165, 1.54) is 6.20 Å². The van der Waals surface area contributed by atoms with Gasteiger partial charge in [-0.25, -0.2) is 0 Å². The van der Waals surface area contributed by atoms with Crippen LogP contribution in [0.1, 0.15) is 72.9 Å². The summed E-state index contributed by atoms with van der Waals surface area (Å²) < 4.78 is 7.11. The lowest BCUT2D eigenvalue weighted by atomic mass is 9.89. The summed E-state index contributed by atoms with van der Waals surface area (Å²) in [6.07, 6.45) is 5.09. The Kier molecular flexibility index (Phi) is 8.85. The van der Waals surface area contributed by atoms with Crippen molar-refractivity contribution in [3.63, 3.8) is 0 Å². The van der Waals surface area contributed by atoms with Gasteiger partial charge in [-0.05, 0) is 37.5 Å². The summed E-state index contributed by atoms with van der Waals surface area (Å²) in [7, 11) is 0. The molecular formula is C29H34N6O4. The number of nitrogens with zero attached hydrogens (tertiary/aromatic N) is 5. The number of rotatable bonds is 12. The third-order valence-corrected chi connectivity index (χ3v) is 6.97. The number of aromatic nitrogens is 4. The minimum absolute atomic E-state index is 0.00718. The third kappa shape index (κ3) is 6.05. The van der Waals surface area contributed by atoms with Gasteiger partial charge in [0.05, 0.1) is 17.8 Å². The molecule has 1 aromatic carbocycles. The molecule has 2 N–H and O–H groups in total. The molecule has 0 saturated heterocycles. The Morgan fingerprint density at radius 3 is 2.54 bits per heavy atom. The lowest BCUT2D eigenvalue weighted by Crippen LogP contribution is -2.46. The van der Waals surface area contributed by atoms with Crippen LogP contribution in [0.15, 0.2) is 64.2 Å². The molecule has 0 bridgehead atoms. The first-order chi connectivity index (χ1) is 18.8. The molecule has 0 spiro atoms. The SMILES string of the molecule is CCCC(C(CC)c1nc2onc(C)c2c(=O)n1Cc1ccccc1)N(CCC(N)=O)C(=O)c1cccnc1. The van der Waals surface area contributed by atoms with Crippen LogP contribution in [0.2, 0.25) is 0 Å². The van der Waals surface area contributed by atoms with Crippen LogP contribution in [-0.2, 0) is 11.3 Å². The number of carbonyl (C=O) groups excluding carboxylic acids is 2. The summed E-state index contributed by atoms with van der Waals surface area (Å²) in [6, 6.07) is 12.7. The quantitative estimate of drug-likeness (QED) is 0.294. The van der Waals surface area contributed by atoms with E-state index in [0.29, 0.717) is 41.9 Å². The van der Waals surface area contributed by atoms with Gasteiger partial charge in [-0.15, -0.1) is 0 Å². The number of hydrogen-bond acceptors (Lipinski definition) is 7. The van der Waals surface area contributed by atoms with E-state index in [1.54, 1.807) is 34.7 Å². The molecule has 0 fully saturated rings. The van der Waals surface area contributed by atoms with Crippen molar-refractivity contribution in [2.24, 2.45) is 5.73 Å². The Morgan fingerprint density at radius 2 is 1.90 bits per heavy atom. The number of aryl methyl sites for hydroxylation is 1. The van der Waals surface area contributed by atoms with Crippen molar-refractivity contribution < 1.29 is 14.1 Å². The fraction of sp³-hybridized carbons (Fsp3) is 0.379. The Labute approximate surface area is 226 Å². The molecule has 2 amide bonds. The molecule has 2 atom stereocenters. The number of fused-ring (bicyclic) bond motifs is 1. The summed E-state index contributed by atoms with van der Waals surface area (Å²) in [5, 5.41) is 4.33. The molecule has 10 heteroatoms.